The number of rotatable bonds is 3. The predicted molar refractivity (Wildman–Crippen MR) is 75.7 cm³/mol. The van der Waals surface area contributed by atoms with E-state index in [9.17, 15) is 9.50 Å². The fraction of sp³-hybridized carbons (Fsp3) is 0.600. The molecule has 0 spiro atoms. The van der Waals surface area contributed by atoms with Crippen LogP contribution in [0.5, 0.6) is 0 Å². The average molecular weight is 266 g/mol. The number of likely N-dealkylation sites (N-methyl/N-ethyl adjacent to an activating group) is 1. The van der Waals surface area contributed by atoms with Crippen molar-refractivity contribution in [3.05, 3.63) is 29.6 Å². The summed E-state index contributed by atoms with van der Waals surface area (Å²) in [6.07, 6.45) is 3.48. The van der Waals surface area contributed by atoms with Gasteiger partial charge in [-0.2, -0.15) is 0 Å². The van der Waals surface area contributed by atoms with Crippen LogP contribution >= 0.6 is 0 Å². The summed E-state index contributed by atoms with van der Waals surface area (Å²) in [7, 11) is 1.85. The Morgan fingerprint density at radius 3 is 2.63 bits per heavy atom. The maximum Gasteiger partial charge on any atom is 0.146 e. The van der Waals surface area contributed by atoms with E-state index in [0.717, 1.165) is 31.2 Å². The molecule has 3 atom stereocenters. The van der Waals surface area contributed by atoms with Crippen molar-refractivity contribution in [3.63, 3.8) is 0 Å². The molecular formula is C15H23FN2O. The summed E-state index contributed by atoms with van der Waals surface area (Å²) in [4.78, 5) is 1.87. The standard InChI is InChI=1S/C15H23FN2O/c1-10(17)11-7-8-13(12(16)9-11)18(2)14-5-3-4-6-15(14)19/h7-10,14-15,19H,3-6,17H2,1-2H3/t10-,14?,15?/m1/s1. The van der Waals surface area contributed by atoms with Gasteiger partial charge in [0.15, 0.2) is 0 Å². The fourth-order valence-corrected chi connectivity index (χ4v) is 2.81. The molecule has 3 N–H and O–H groups in total. The van der Waals surface area contributed by atoms with Crippen molar-refractivity contribution in [3.8, 4) is 0 Å². The molecule has 19 heavy (non-hydrogen) atoms. The SMILES string of the molecule is C[C@@H](N)c1ccc(N(C)C2CCCCC2O)c(F)c1. The maximum atomic E-state index is 14.2. The molecule has 0 amide bonds. The van der Waals surface area contributed by atoms with Gasteiger partial charge < -0.3 is 15.7 Å². The van der Waals surface area contributed by atoms with E-state index in [1.165, 1.54) is 6.07 Å². The van der Waals surface area contributed by atoms with Crippen LogP contribution in [0.15, 0.2) is 18.2 Å². The number of aliphatic hydroxyl groups excluding tert-OH is 1. The summed E-state index contributed by atoms with van der Waals surface area (Å²) in [6, 6.07) is 4.94. The van der Waals surface area contributed by atoms with Crippen LogP contribution in [-0.4, -0.2) is 24.3 Å². The Labute approximate surface area is 114 Å². The monoisotopic (exact) mass is 266 g/mol. The van der Waals surface area contributed by atoms with Crippen molar-refractivity contribution < 1.29 is 9.50 Å². The van der Waals surface area contributed by atoms with Crippen LogP contribution in [0.2, 0.25) is 0 Å². The highest BCUT2D eigenvalue weighted by Gasteiger charge is 2.28. The van der Waals surface area contributed by atoms with E-state index in [4.69, 9.17) is 5.73 Å². The summed E-state index contributed by atoms with van der Waals surface area (Å²) in [5, 5.41) is 10.1. The Kier molecular flexibility index (Phi) is 4.42. The topological polar surface area (TPSA) is 49.5 Å². The van der Waals surface area contributed by atoms with Crippen LogP contribution in [0.3, 0.4) is 0 Å². The van der Waals surface area contributed by atoms with Gasteiger partial charge >= 0.3 is 0 Å². The van der Waals surface area contributed by atoms with E-state index < -0.39 is 0 Å². The van der Waals surface area contributed by atoms with E-state index in [-0.39, 0.29) is 24.0 Å². The molecule has 2 unspecified atom stereocenters. The maximum absolute atomic E-state index is 14.2. The quantitative estimate of drug-likeness (QED) is 0.884. The Bertz CT molecular complexity index is 436. The number of hydrogen-bond donors (Lipinski definition) is 2. The Balaban J connectivity index is 2.21. The second-order valence-electron chi connectivity index (χ2n) is 5.53. The first kappa shape index (κ1) is 14.3. The zero-order valence-corrected chi connectivity index (χ0v) is 11.6. The van der Waals surface area contributed by atoms with Crippen molar-refractivity contribution >= 4 is 5.69 Å². The molecule has 0 aromatic heterocycles. The first-order valence-electron chi connectivity index (χ1n) is 6.96. The molecule has 1 aromatic carbocycles. The predicted octanol–water partition coefficient (Wildman–Crippen LogP) is 2.59. The molecule has 0 bridgehead atoms. The molecule has 2 rings (SSSR count). The molecule has 106 valence electrons. The Hall–Kier alpha value is -1.13. The van der Waals surface area contributed by atoms with E-state index in [1.807, 2.05) is 24.9 Å². The van der Waals surface area contributed by atoms with E-state index in [0.29, 0.717) is 5.69 Å². The van der Waals surface area contributed by atoms with Gasteiger partial charge in [0.2, 0.25) is 0 Å². The molecule has 1 fully saturated rings. The summed E-state index contributed by atoms with van der Waals surface area (Å²) in [6.45, 7) is 1.84. The number of benzene rings is 1. The number of hydrogen-bond acceptors (Lipinski definition) is 3. The zero-order chi connectivity index (χ0) is 14.0. The molecule has 1 aromatic rings. The number of anilines is 1. The minimum absolute atomic E-state index is 0.00407. The molecule has 3 nitrogen and oxygen atoms in total. The summed E-state index contributed by atoms with van der Waals surface area (Å²) in [5.74, 6) is -0.268. The number of halogens is 1. The lowest BCUT2D eigenvalue weighted by Gasteiger charge is -2.36. The third-order valence-electron chi connectivity index (χ3n) is 4.07. The minimum Gasteiger partial charge on any atom is -0.391 e. The van der Waals surface area contributed by atoms with Gasteiger partial charge in [0.05, 0.1) is 17.8 Å². The van der Waals surface area contributed by atoms with Crippen molar-refractivity contribution in [2.24, 2.45) is 5.73 Å². The highest BCUT2D eigenvalue weighted by atomic mass is 19.1. The zero-order valence-electron chi connectivity index (χ0n) is 11.6. The number of aliphatic hydroxyl groups is 1. The van der Waals surface area contributed by atoms with Crippen molar-refractivity contribution in [1.82, 2.24) is 0 Å². The molecule has 0 heterocycles. The molecule has 0 aliphatic heterocycles. The van der Waals surface area contributed by atoms with Gasteiger partial charge in [0.1, 0.15) is 5.82 Å². The summed E-state index contributed by atoms with van der Waals surface area (Å²) < 4.78 is 14.2. The molecule has 0 saturated heterocycles. The second kappa shape index (κ2) is 5.88. The average Bonchev–Trinajstić information content (AvgIpc) is 2.38. The molecule has 4 heteroatoms. The number of nitrogens with two attached hydrogens (primary N) is 1. The normalized spacial score (nSPS) is 25.1. The highest BCUT2D eigenvalue weighted by molar-refractivity contribution is 5.50. The van der Waals surface area contributed by atoms with Gasteiger partial charge in [-0.25, -0.2) is 4.39 Å². The summed E-state index contributed by atoms with van der Waals surface area (Å²) in [5.41, 5.74) is 7.08. The third kappa shape index (κ3) is 3.07. The van der Waals surface area contributed by atoms with Crippen molar-refractivity contribution in [2.75, 3.05) is 11.9 Å². The van der Waals surface area contributed by atoms with Gasteiger partial charge in [-0.05, 0) is 37.5 Å². The van der Waals surface area contributed by atoms with Crippen molar-refractivity contribution in [2.45, 2.75) is 50.8 Å². The Morgan fingerprint density at radius 2 is 2.05 bits per heavy atom. The largest absolute Gasteiger partial charge is 0.391 e. The second-order valence-corrected chi connectivity index (χ2v) is 5.53. The van der Waals surface area contributed by atoms with E-state index >= 15 is 0 Å². The lowest BCUT2D eigenvalue weighted by molar-refractivity contribution is 0.106. The van der Waals surface area contributed by atoms with Crippen LogP contribution in [0.4, 0.5) is 10.1 Å². The minimum atomic E-state index is -0.369. The lowest BCUT2D eigenvalue weighted by atomic mass is 9.91. The summed E-state index contributed by atoms with van der Waals surface area (Å²) >= 11 is 0. The van der Waals surface area contributed by atoms with Crippen LogP contribution in [0.1, 0.15) is 44.2 Å². The molecular weight excluding hydrogens is 243 g/mol. The van der Waals surface area contributed by atoms with E-state index in [1.54, 1.807) is 6.07 Å². The van der Waals surface area contributed by atoms with Gasteiger partial charge in [-0.3, -0.25) is 0 Å². The molecule has 0 radical (unpaired) electrons. The van der Waals surface area contributed by atoms with Crippen LogP contribution in [0.25, 0.3) is 0 Å². The van der Waals surface area contributed by atoms with Crippen LogP contribution in [0, 0.1) is 5.82 Å². The third-order valence-corrected chi connectivity index (χ3v) is 4.07. The molecule has 1 aliphatic carbocycles. The highest BCUT2D eigenvalue weighted by Crippen LogP contribution is 2.29. The first-order chi connectivity index (χ1) is 9.00. The lowest BCUT2D eigenvalue weighted by Crippen LogP contribution is -2.43. The van der Waals surface area contributed by atoms with Gasteiger partial charge in [0, 0.05) is 13.1 Å². The Morgan fingerprint density at radius 1 is 1.37 bits per heavy atom. The van der Waals surface area contributed by atoms with Gasteiger partial charge in [-0.1, -0.05) is 18.9 Å². The van der Waals surface area contributed by atoms with E-state index in [2.05, 4.69) is 0 Å². The number of nitrogens with zero attached hydrogens (tertiary/aromatic N) is 1. The van der Waals surface area contributed by atoms with Gasteiger partial charge in [0.25, 0.3) is 0 Å². The van der Waals surface area contributed by atoms with Crippen molar-refractivity contribution in [1.29, 1.82) is 0 Å². The van der Waals surface area contributed by atoms with Crippen LogP contribution in [-0.2, 0) is 0 Å². The van der Waals surface area contributed by atoms with Gasteiger partial charge in [-0.15, -0.1) is 0 Å². The first-order valence-corrected chi connectivity index (χ1v) is 6.96. The molecule has 1 saturated carbocycles. The molecule has 1 aliphatic rings. The smallest absolute Gasteiger partial charge is 0.146 e. The van der Waals surface area contributed by atoms with Crippen LogP contribution < -0.4 is 10.6 Å². The fourth-order valence-electron chi connectivity index (χ4n) is 2.81.